The first-order valence-corrected chi connectivity index (χ1v) is 9.15. The lowest BCUT2D eigenvalue weighted by Gasteiger charge is -2.31. The third-order valence-electron chi connectivity index (χ3n) is 4.95. The van der Waals surface area contributed by atoms with Crippen molar-refractivity contribution in [2.45, 2.75) is 25.3 Å². The van der Waals surface area contributed by atoms with Crippen molar-refractivity contribution in [3.63, 3.8) is 0 Å². The number of para-hydroxylation sites is 2. The molecule has 3 aromatic rings. The van der Waals surface area contributed by atoms with Gasteiger partial charge < -0.3 is 15.2 Å². The largest absolute Gasteiger partial charge is 0.453 e. The van der Waals surface area contributed by atoms with Crippen LogP contribution in [0.1, 0.15) is 30.9 Å². The minimum Gasteiger partial charge on any atom is -0.453 e. The molecule has 0 spiro atoms. The smallest absolute Gasteiger partial charge is 0.170 e. The summed E-state index contributed by atoms with van der Waals surface area (Å²) < 4.78 is 12.2. The predicted octanol–water partition coefficient (Wildman–Crippen LogP) is 6.07. The summed E-state index contributed by atoms with van der Waals surface area (Å²) in [6, 6.07) is 25.6. The number of hydrogen-bond donors (Lipinski definition) is 1. The zero-order valence-electron chi connectivity index (χ0n) is 14.7. The van der Waals surface area contributed by atoms with E-state index in [0.29, 0.717) is 17.4 Å². The van der Waals surface area contributed by atoms with Gasteiger partial charge in [0.25, 0.3) is 0 Å². The van der Waals surface area contributed by atoms with E-state index in [-0.39, 0.29) is 6.04 Å². The summed E-state index contributed by atoms with van der Waals surface area (Å²) >= 11 is 0. The average molecular weight is 345 g/mol. The molecule has 1 atom stereocenters. The van der Waals surface area contributed by atoms with Crippen molar-refractivity contribution in [2.75, 3.05) is 0 Å². The Labute approximate surface area is 154 Å². The molecule has 0 heterocycles. The average Bonchev–Trinajstić information content (AvgIpc) is 2.63. The van der Waals surface area contributed by atoms with E-state index < -0.39 is 0 Å². The maximum Gasteiger partial charge on any atom is 0.170 e. The summed E-state index contributed by atoms with van der Waals surface area (Å²) in [6.07, 6.45) is 3.69. The van der Waals surface area contributed by atoms with Gasteiger partial charge in [-0.2, -0.15) is 0 Å². The molecule has 0 radical (unpaired) electrons. The number of hydrogen-bond acceptors (Lipinski definition) is 3. The van der Waals surface area contributed by atoms with Crippen LogP contribution in [0.25, 0.3) is 0 Å². The summed E-state index contributed by atoms with van der Waals surface area (Å²) in [5, 5.41) is 0. The molecule has 0 amide bonds. The Kier molecular flexibility index (Phi) is 4.89. The minimum atomic E-state index is 0.0487. The second kappa shape index (κ2) is 7.63. The van der Waals surface area contributed by atoms with Crippen molar-refractivity contribution in [3.05, 3.63) is 84.4 Å². The molecule has 4 rings (SSSR count). The molecule has 3 nitrogen and oxygen atoms in total. The molecular formula is C23H23NO2. The summed E-state index contributed by atoms with van der Waals surface area (Å²) in [5.74, 6) is 3.50. The Morgan fingerprint density at radius 3 is 1.85 bits per heavy atom. The fourth-order valence-corrected chi connectivity index (χ4v) is 3.20. The highest BCUT2D eigenvalue weighted by molar-refractivity contribution is 5.48. The summed E-state index contributed by atoms with van der Waals surface area (Å²) in [7, 11) is 0. The molecule has 0 aromatic heterocycles. The van der Waals surface area contributed by atoms with Crippen molar-refractivity contribution < 1.29 is 9.47 Å². The van der Waals surface area contributed by atoms with Crippen LogP contribution in [0.4, 0.5) is 0 Å². The molecule has 3 heteroatoms. The summed E-state index contributed by atoms with van der Waals surface area (Å²) in [6.45, 7) is 0. The lowest BCUT2D eigenvalue weighted by atomic mass is 9.77. The lowest BCUT2D eigenvalue weighted by Crippen LogP contribution is -2.26. The predicted molar refractivity (Wildman–Crippen MR) is 104 cm³/mol. The summed E-state index contributed by atoms with van der Waals surface area (Å²) in [4.78, 5) is 0. The number of rotatable bonds is 6. The van der Waals surface area contributed by atoms with Crippen LogP contribution in [-0.2, 0) is 0 Å². The van der Waals surface area contributed by atoms with Gasteiger partial charge in [-0.05, 0) is 60.7 Å². The van der Waals surface area contributed by atoms with Crippen LogP contribution < -0.4 is 15.2 Å². The Morgan fingerprint density at radius 1 is 0.731 bits per heavy atom. The Balaban J connectivity index is 1.65. The molecule has 0 saturated heterocycles. The van der Waals surface area contributed by atoms with Crippen molar-refractivity contribution >= 4 is 0 Å². The molecule has 0 unspecified atom stereocenters. The number of benzene rings is 3. The van der Waals surface area contributed by atoms with Crippen LogP contribution in [0.5, 0.6) is 23.0 Å². The van der Waals surface area contributed by atoms with Gasteiger partial charge in [0.1, 0.15) is 11.5 Å². The van der Waals surface area contributed by atoms with Gasteiger partial charge in [-0.3, -0.25) is 0 Å². The molecule has 26 heavy (non-hydrogen) atoms. The number of ether oxygens (including phenoxy) is 2. The Bertz CT molecular complexity index is 845. The highest BCUT2D eigenvalue weighted by atomic mass is 16.5. The maximum absolute atomic E-state index is 6.47. The molecule has 3 aromatic carbocycles. The zero-order chi connectivity index (χ0) is 17.8. The molecule has 2 N–H and O–H groups in total. The first kappa shape index (κ1) is 16.7. The molecule has 0 bridgehead atoms. The minimum absolute atomic E-state index is 0.0487. The lowest BCUT2D eigenvalue weighted by molar-refractivity contribution is 0.264. The van der Waals surface area contributed by atoms with Crippen LogP contribution in [0, 0.1) is 5.92 Å². The van der Waals surface area contributed by atoms with Gasteiger partial charge in [-0.15, -0.1) is 0 Å². The maximum atomic E-state index is 6.47. The van der Waals surface area contributed by atoms with Gasteiger partial charge in [0.15, 0.2) is 11.5 Å². The van der Waals surface area contributed by atoms with Gasteiger partial charge in [0.2, 0.25) is 0 Å². The van der Waals surface area contributed by atoms with Crippen molar-refractivity contribution in [1.82, 2.24) is 0 Å². The van der Waals surface area contributed by atoms with E-state index in [9.17, 15) is 0 Å². The van der Waals surface area contributed by atoms with Crippen LogP contribution in [0.15, 0.2) is 78.9 Å². The topological polar surface area (TPSA) is 44.5 Å². The molecule has 1 saturated carbocycles. The third-order valence-corrected chi connectivity index (χ3v) is 4.95. The molecule has 132 valence electrons. The standard InChI is InChI=1S/C23H23NO2/c24-23(17-8-7-9-17)18-14-15-21(25-19-10-3-1-4-11-19)22(16-18)26-20-12-5-2-6-13-20/h1-6,10-17,23H,7-9,24H2/t23-/m1/s1. The van der Waals surface area contributed by atoms with E-state index in [0.717, 1.165) is 17.1 Å². The van der Waals surface area contributed by atoms with E-state index in [4.69, 9.17) is 15.2 Å². The fourth-order valence-electron chi connectivity index (χ4n) is 3.20. The van der Waals surface area contributed by atoms with E-state index in [1.54, 1.807) is 0 Å². The Hall–Kier alpha value is -2.78. The first-order valence-electron chi connectivity index (χ1n) is 9.15. The summed E-state index contributed by atoms with van der Waals surface area (Å²) in [5.41, 5.74) is 7.57. The van der Waals surface area contributed by atoms with Gasteiger partial charge >= 0.3 is 0 Å². The van der Waals surface area contributed by atoms with Gasteiger partial charge in [-0.1, -0.05) is 48.9 Å². The normalized spacial score (nSPS) is 15.1. The van der Waals surface area contributed by atoms with Crippen LogP contribution in [0.3, 0.4) is 0 Å². The highest BCUT2D eigenvalue weighted by Crippen LogP contribution is 2.41. The zero-order valence-corrected chi connectivity index (χ0v) is 14.7. The van der Waals surface area contributed by atoms with Crippen molar-refractivity contribution in [2.24, 2.45) is 11.7 Å². The van der Waals surface area contributed by atoms with Gasteiger partial charge in [0.05, 0.1) is 0 Å². The quantitative estimate of drug-likeness (QED) is 0.589. The van der Waals surface area contributed by atoms with E-state index >= 15 is 0 Å². The molecule has 1 aliphatic carbocycles. The SMILES string of the molecule is N[C@@H](c1ccc(Oc2ccccc2)c(Oc2ccccc2)c1)C1CCC1. The molecule has 1 fully saturated rings. The second-order valence-electron chi connectivity index (χ2n) is 6.75. The monoisotopic (exact) mass is 345 g/mol. The van der Waals surface area contributed by atoms with E-state index in [2.05, 4.69) is 6.07 Å². The first-order chi connectivity index (χ1) is 12.8. The van der Waals surface area contributed by atoms with Crippen molar-refractivity contribution in [3.8, 4) is 23.0 Å². The van der Waals surface area contributed by atoms with Crippen LogP contribution in [0.2, 0.25) is 0 Å². The van der Waals surface area contributed by atoms with Crippen molar-refractivity contribution in [1.29, 1.82) is 0 Å². The number of nitrogens with two attached hydrogens (primary N) is 1. The highest BCUT2D eigenvalue weighted by Gasteiger charge is 2.26. The molecule has 0 aliphatic heterocycles. The second-order valence-corrected chi connectivity index (χ2v) is 6.75. The third kappa shape index (κ3) is 3.73. The van der Waals surface area contributed by atoms with Crippen LogP contribution >= 0.6 is 0 Å². The van der Waals surface area contributed by atoms with Crippen LogP contribution in [-0.4, -0.2) is 0 Å². The Morgan fingerprint density at radius 2 is 1.31 bits per heavy atom. The fraction of sp³-hybridized carbons (Fsp3) is 0.217. The molecular weight excluding hydrogens is 322 g/mol. The van der Waals surface area contributed by atoms with Gasteiger partial charge in [-0.25, -0.2) is 0 Å². The van der Waals surface area contributed by atoms with Gasteiger partial charge in [0, 0.05) is 6.04 Å². The molecule has 1 aliphatic rings. The van der Waals surface area contributed by atoms with E-state index in [1.165, 1.54) is 19.3 Å². The van der Waals surface area contributed by atoms with E-state index in [1.807, 2.05) is 72.8 Å².